The van der Waals surface area contributed by atoms with E-state index in [4.69, 9.17) is 9.47 Å². The van der Waals surface area contributed by atoms with Crippen molar-refractivity contribution in [1.82, 2.24) is 10.2 Å². The highest BCUT2D eigenvalue weighted by atomic mass is 16.6. The summed E-state index contributed by atoms with van der Waals surface area (Å²) in [7, 11) is 1.58. The molecule has 1 fully saturated rings. The first-order valence-corrected chi connectivity index (χ1v) is 14.7. The number of nitrogens with one attached hydrogen (secondary N) is 2. The Morgan fingerprint density at radius 2 is 1.63 bits per heavy atom. The van der Waals surface area contributed by atoms with Crippen LogP contribution in [0, 0.1) is 19.8 Å². The Bertz CT molecular complexity index is 1430. The van der Waals surface area contributed by atoms with Crippen molar-refractivity contribution in [2.75, 3.05) is 12.4 Å². The lowest BCUT2D eigenvalue weighted by molar-refractivity contribution is -0.141. The zero-order valence-corrected chi connectivity index (χ0v) is 26.1. The third-order valence-electron chi connectivity index (χ3n) is 7.55. The molecule has 8 nitrogen and oxygen atoms in total. The standard InChI is InChI=1S/C35H43N3O5/c1-22-13-18-28(23(2)19-22)31(32(39)36-26-14-16-27(42-7)17-15-26)38(30-20-24(30)3)33(40)29(21-25-11-9-8-10-12-25)37-34(41)43-35(4,5)6/h8-19,24,29-31H,20-21H2,1-7H3,(H,36,39)(H,37,41). The van der Waals surface area contributed by atoms with E-state index in [9.17, 15) is 14.4 Å². The molecule has 228 valence electrons. The van der Waals surface area contributed by atoms with Crippen LogP contribution in [0.15, 0.2) is 72.8 Å². The Morgan fingerprint density at radius 1 is 0.977 bits per heavy atom. The Kier molecular flexibility index (Phi) is 9.79. The maximum atomic E-state index is 14.7. The summed E-state index contributed by atoms with van der Waals surface area (Å²) < 4.78 is 10.8. The highest BCUT2D eigenvalue weighted by molar-refractivity contribution is 5.99. The highest BCUT2D eigenvalue weighted by Crippen LogP contribution is 2.42. The molecule has 0 aromatic heterocycles. The summed E-state index contributed by atoms with van der Waals surface area (Å²) in [5.41, 5.74) is 3.42. The molecule has 0 saturated heterocycles. The van der Waals surface area contributed by atoms with Crippen molar-refractivity contribution in [2.45, 2.75) is 78.1 Å². The molecule has 0 bridgehead atoms. The number of anilines is 1. The van der Waals surface area contributed by atoms with Crippen molar-refractivity contribution in [3.05, 3.63) is 95.1 Å². The van der Waals surface area contributed by atoms with E-state index in [1.54, 1.807) is 57.0 Å². The summed E-state index contributed by atoms with van der Waals surface area (Å²) in [6.45, 7) is 11.3. The normalized spacial score (nSPS) is 17.3. The smallest absolute Gasteiger partial charge is 0.408 e. The van der Waals surface area contributed by atoms with Crippen LogP contribution in [0.5, 0.6) is 5.75 Å². The number of nitrogens with zero attached hydrogens (tertiary/aromatic N) is 1. The van der Waals surface area contributed by atoms with E-state index in [2.05, 4.69) is 17.6 Å². The topological polar surface area (TPSA) is 97.0 Å². The number of benzene rings is 3. The second-order valence-corrected chi connectivity index (χ2v) is 12.4. The molecule has 3 aromatic rings. The van der Waals surface area contributed by atoms with Gasteiger partial charge in [0.1, 0.15) is 23.4 Å². The Hall–Kier alpha value is -4.33. The number of alkyl carbamates (subject to hydrolysis) is 1. The lowest BCUT2D eigenvalue weighted by Crippen LogP contribution is -2.54. The van der Waals surface area contributed by atoms with Gasteiger partial charge in [0, 0.05) is 18.2 Å². The Morgan fingerprint density at radius 3 is 2.19 bits per heavy atom. The van der Waals surface area contributed by atoms with Gasteiger partial charge < -0.3 is 25.0 Å². The molecule has 1 saturated carbocycles. The van der Waals surface area contributed by atoms with Gasteiger partial charge in [0.05, 0.1) is 7.11 Å². The second kappa shape index (κ2) is 13.3. The van der Waals surface area contributed by atoms with Crippen LogP contribution in [0.1, 0.15) is 62.4 Å². The molecule has 0 radical (unpaired) electrons. The van der Waals surface area contributed by atoms with E-state index < -0.39 is 23.8 Å². The zero-order valence-electron chi connectivity index (χ0n) is 26.1. The summed E-state index contributed by atoms with van der Waals surface area (Å²) in [5, 5.41) is 5.86. The molecule has 1 aliphatic carbocycles. The van der Waals surface area contributed by atoms with Crippen molar-refractivity contribution in [2.24, 2.45) is 5.92 Å². The van der Waals surface area contributed by atoms with Crippen LogP contribution in [0.3, 0.4) is 0 Å². The molecule has 2 N–H and O–H groups in total. The summed E-state index contributed by atoms with van der Waals surface area (Å²) in [6, 6.07) is 20.4. The second-order valence-electron chi connectivity index (χ2n) is 12.4. The van der Waals surface area contributed by atoms with Gasteiger partial charge in [-0.25, -0.2) is 4.79 Å². The van der Waals surface area contributed by atoms with Gasteiger partial charge in [-0.15, -0.1) is 0 Å². The number of carbonyl (C=O) groups excluding carboxylic acids is 3. The van der Waals surface area contributed by atoms with Crippen molar-refractivity contribution < 1.29 is 23.9 Å². The van der Waals surface area contributed by atoms with Gasteiger partial charge >= 0.3 is 6.09 Å². The summed E-state index contributed by atoms with van der Waals surface area (Å²) in [5.74, 6) is 0.202. The fraction of sp³-hybridized carbons (Fsp3) is 0.400. The van der Waals surface area contributed by atoms with Gasteiger partial charge in [-0.2, -0.15) is 0 Å². The SMILES string of the molecule is COc1ccc(NC(=O)C(c2ccc(C)cc2C)N(C(=O)C(Cc2ccccc2)NC(=O)OC(C)(C)C)C2CC2C)cc1. The van der Waals surface area contributed by atoms with Gasteiger partial charge in [-0.1, -0.05) is 61.0 Å². The third-order valence-corrected chi connectivity index (χ3v) is 7.55. The van der Waals surface area contributed by atoms with E-state index in [1.165, 1.54) is 0 Å². The molecule has 0 spiro atoms. The number of amides is 3. The first kappa shape index (κ1) is 31.6. The van der Waals surface area contributed by atoms with Gasteiger partial charge in [0.25, 0.3) is 5.91 Å². The Balaban J connectivity index is 1.76. The molecule has 3 amide bonds. The molecule has 1 aliphatic rings. The maximum absolute atomic E-state index is 14.7. The van der Waals surface area contributed by atoms with Crippen LogP contribution in [0.2, 0.25) is 0 Å². The van der Waals surface area contributed by atoms with Gasteiger partial charge in [-0.3, -0.25) is 9.59 Å². The average molecular weight is 586 g/mol. The van der Waals surface area contributed by atoms with E-state index in [-0.39, 0.29) is 30.2 Å². The van der Waals surface area contributed by atoms with Crippen molar-refractivity contribution in [3.8, 4) is 5.75 Å². The number of carbonyl (C=O) groups is 3. The summed E-state index contributed by atoms with van der Waals surface area (Å²) in [6.07, 6.45) is 0.320. The monoisotopic (exact) mass is 585 g/mol. The minimum Gasteiger partial charge on any atom is -0.497 e. The van der Waals surface area contributed by atoms with Crippen LogP contribution in [0.4, 0.5) is 10.5 Å². The lowest BCUT2D eigenvalue weighted by atomic mass is 9.95. The molecule has 4 rings (SSSR count). The lowest BCUT2D eigenvalue weighted by Gasteiger charge is -2.35. The van der Waals surface area contributed by atoms with Gasteiger partial charge in [0.2, 0.25) is 5.91 Å². The minimum atomic E-state index is -0.952. The third kappa shape index (κ3) is 8.37. The van der Waals surface area contributed by atoms with Gasteiger partial charge in [0.15, 0.2) is 0 Å². The predicted molar refractivity (Wildman–Crippen MR) is 168 cm³/mol. The van der Waals surface area contributed by atoms with Gasteiger partial charge in [-0.05, 0) is 87.9 Å². The molecule has 0 heterocycles. The van der Waals surface area contributed by atoms with Crippen LogP contribution < -0.4 is 15.4 Å². The van der Waals surface area contributed by atoms with E-state index in [0.717, 1.165) is 28.7 Å². The minimum absolute atomic E-state index is 0.168. The first-order valence-electron chi connectivity index (χ1n) is 14.7. The average Bonchev–Trinajstić information content (AvgIpc) is 3.67. The molecular weight excluding hydrogens is 542 g/mol. The van der Waals surface area contributed by atoms with Crippen LogP contribution >= 0.6 is 0 Å². The number of methoxy groups -OCH3 is 1. The highest BCUT2D eigenvalue weighted by Gasteiger charge is 2.48. The summed E-state index contributed by atoms with van der Waals surface area (Å²) >= 11 is 0. The number of aryl methyl sites for hydroxylation is 2. The molecule has 43 heavy (non-hydrogen) atoms. The Labute approximate surface area is 254 Å². The van der Waals surface area contributed by atoms with E-state index in [0.29, 0.717) is 11.4 Å². The zero-order chi connectivity index (χ0) is 31.3. The number of ether oxygens (including phenoxy) is 2. The first-order chi connectivity index (χ1) is 20.4. The molecule has 4 unspecified atom stereocenters. The van der Waals surface area contributed by atoms with Crippen molar-refractivity contribution in [1.29, 1.82) is 0 Å². The van der Waals surface area contributed by atoms with E-state index >= 15 is 0 Å². The molecule has 3 aromatic carbocycles. The molecular formula is C35H43N3O5. The molecule has 8 heteroatoms. The van der Waals surface area contributed by atoms with E-state index in [1.807, 2.05) is 62.4 Å². The quantitative estimate of drug-likeness (QED) is 0.288. The largest absolute Gasteiger partial charge is 0.497 e. The molecule has 0 aliphatic heterocycles. The predicted octanol–water partition coefficient (Wildman–Crippen LogP) is 6.36. The number of hydrogen-bond acceptors (Lipinski definition) is 5. The fourth-order valence-electron chi connectivity index (χ4n) is 5.29. The maximum Gasteiger partial charge on any atom is 0.408 e. The fourth-order valence-corrected chi connectivity index (χ4v) is 5.29. The number of rotatable bonds is 10. The molecule has 4 atom stereocenters. The summed E-state index contributed by atoms with van der Waals surface area (Å²) in [4.78, 5) is 43.6. The van der Waals surface area contributed by atoms with Crippen LogP contribution in [-0.2, 0) is 20.7 Å². The van der Waals surface area contributed by atoms with Crippen LogP contribution in [-0.4, -0.2) is 47.6 Å². The van der Waals surface area contributed by atoms with Crippen molar-refractivity contribution in [3.63, 3.8) is 0 Å². The number of hydrogen-bond donors (Lipinski definition) is 2. The van der Waals surface area contributed by atoms with Crippen LogP contribution in [0.25, 0.3) is 0 Å². The van der Waals surface area contributed by atoms with Crippen molar-refractivity contribution >= 4 is 23.6 Å².